The van der Waals surface area contributed by atoms with E-state index in [0.717, 1.165) is 6.20 Å². The molecule has 0 radical (unpaired) electrons. The molecule has 0 fully saturated rings. The smallest absolute Gasteiger partial charge is 0.342 e. The lowest BCUT2D eigenvalue weighted by Gasteiger charge is -2.25. The number of aromatic nitrogens is 2. The lowest BCUT2D eigenvalue weighted by atomic mass is 10.0. The second-order valence-corrected chi connectivity index (χ2v) is 5.72. The van der Waals surface area contributed by atoms with Crippen molar-refractivity contribution in [2.45, 2.75) is 25.8 Å². The van der Waals surface area contributed by atoms with E-state index in [0.29, 0.717) is 35.6 Å². The first-order valence-corrected chi connectivity index (χ1v) is 7.69. The number of nitrogens with one attached hydrogen (secondary N) is 1. The fourth-order valence-electron chi connectivity index (χ4n) is 2.68. The maximum Gasteiger partial charge on any atom is 0.342 e. The molecule has 1 atom stereocenters. The van der Waals surface area contributed by atoms with Crippen LogP contribution >= 0.6 is 0 Å². The van der Waals surface area contributed by atoms with Gasteiger partial charge in [0.15, 0.2) is 5.82 Å². The Bertz CT molecular complexity index is 954. The van der Waals surface area contributed by atoms with Gasteiger partial charge in [0.1, 0.15) is 11.3 Å². The molecule has 2 aromatic rings. The average Bonchev–Trinajstić information content (AvgIpc) is 2.61. The summed E-state index contributed by atoms with van der Waals surface area (Å²) in [6.45, 7) is 1.85. The molecule has 1 aromatic heterocycles. The van der Waals surface area contributed by atoms with Crippen LogP contribution in [0.5, 0.6) is 0 Å². The Hall–Kier alpha value is -3.47. The van der Waals surface area contributed by atoms with E-state index in [1.165, 1.54) is 4.57 Å². The SMILES string of the molecule is CC1CC/C(=N\Nc2ccc(C#N)cc2)c2ncc(C(=O)O)c(=O)n21. The quantitative estimate of drug-likeness (QED) is 0.826. The minimum absolute atomic E-state index is 0.150. The molecule has 0 amide bonds. The van der Waals surface area contributed by atoms with Crippen molar-refractivity contribution < 1.29 is 9.90 Å². The first-order chi connectivity index (χ1) is 12.0. The van der Waals surface area contributed by atoms with Gasteiger partial charge in [0.25, 0.3) is 5.56 Å². The van der Waals surface area contributed by atoms with Gasteiger partial charge in [-0.15, -0.1) is 0 Å². The molecule has 0 aliphatic carbocycles. The molecule has 0 saturated carbocycles. The molecule has 0 saturated heterocycles. The summed E-state index contributed by atoms with van der Waals surface area (Å²) in [5.41, 5.74) is 3.78. The fourth-order valence-corrected chi connectivity index (χ4v) is 2.68. The molecule has 0 spiro atoms. The van der Waals surface area contributed by atoms with Crippen molar-refractivity contribution >= 4 is 17.4 Å². The van der Waals surface area contributed by atoms with Gasteiger partial charge in [-0.1, -0.05) is 0 Å². The minimum atomic E-state index is -1.29. The van der Waals surface area contributed by atoms with E-state index in [2.05, 4.69) is 15.5 Å². The molecule has 1 aliphatic heterocycles. The number of nitriles is 1. The zero-order chi connectivity index (χ0) is 18.0. The van der Waals surface area contributed by atoms with Gasteiger partial charge in [0.05, 0.1) is 17.3 Å². The fraction of sp³-hybridized carbons (Fsp3) is 0.235. The van der Waals surface area contributed by atoms with E-state index in [1.54, 1.807) is 24.3 Å². The van der Waals surface area contributed by atoms with Crippen LogP contribution in [0, 0.1) is 11.3 Å². The number of fused-ring (bicyclic) bond motifs is 1. The van der Waals surface area contributed by atoms with E-state index in [1.807, 2.05) is 13.0 Å². The van der Waals surface area contributed by atoms with E-state index in [-0.39, 0.29) is 11.6 Å². The van der Waals surface area contributed by atoms with Crippen molar-refractivity contribution in [3.63, 3.8) is 0 Å². The molecule has 2 heterocycles. The molecule has 1 aromatic carbocycles. The molecule has 25 heavy (non-hydrogen) atoms. The van der Waals surface area contributed by atoms with Crippen molar-refractivity contribution in [3.8, 4) is 6.07 Å². The highest BCUT2D eigenvalue weighted by atomic mass is 16.4. The van der Waals surface area contributed by atoms with Crippen molar-refractivity contribution in [3.05, 3.63) is 57.8 Å². The lowest BCUT2D eigenvalue weighted by Crippen LogP contribution is -2.37. The molecule has 1 unspecified atom stereocenters. The van der Waals surface area contributed by atoms with Gasteiger partial charge < -0.3 is 5.11 Å². The Labute approximate surface area is 143 Å². The molecule has 8 heteroatoms. The van der Waals surface area contributed by atoms with Crippen LogP contribution in [-0.4, -0.2) is 26.3 Å². The van der Waals surface area contributed by atoms with Gasteiger partial charge in [0.2, 0.25) is 0 Å². The third-order valence-corrected chi connectivity index (χ3v) is 4.06. The lowest BCUT2D eigenvalue weighted by molar-refractivity contribution is 0.0693. The van der Waals surface area contributed by atoms with Crippen LogP contribution in [0.15, 0.2) is 40.4 Å². The van der Waals surface area contributed by atoms with Crippen molar-refractivity contribution in [1.29, 1.82) is 5.26 Å². The number of rotatable bonds is 3. The Morgan fingerprint density at radius 3 is 2.80 bits per heavy atom. The third kappa shape index (κ3) is 3.12. The number of anilines is 1. The molecule has 126 valence electrons. The molecule has 8 nitrogen and oxygen atoms in total. The van der Waals surface area contributed by atoms with Crippen molar-refractivity contribution in [1.82, 2.24) is 9.55 Å². The summed E-state index contributed by atoms with van der Waals surface area (Å²) in [4.78, 5) is 27.7. The normalized spacial score (nSPS) is 17.6. The van der Waals surface area contributed by atoms with Gasteiger partial charge in [-0.05, 0) is 44.0 Å². The molecule has 2 N–H and O–H groups in total. The predicted molar refractivity (Wildman–Crippen MR) is 90.7 cm³/mol. The summed E-state index contributed by atoms with van der Waals surface area (Å²) in [5, 5.41) is 22.2. The summed E-state index contributed by atoms with van der Waals surface area (Å²) in [6.07, 6.45) is 2.35. The Morgan fingerprint density at radius 1 is 1.44 bits per heavy atom. The van der Waals surface area contributed by atoms with Crippen LogP contribution in [0.2, 0.25) is 0 Å². The zero-order valence-electron chi connectivity index (χ0n) is 13.4. The maximum absolute atomic E-state index is 12.4. The predicted octanol–water partition coefficient (Wildman–Crippen LogP) is 1.98. The Morgan fingerprint density at radius 2 is 2.16 bits per heavy atom. The largest absolute Gasteiger partial charge is 0.477 e. The monoisotopic (exact) mass is 337 g/mol. The number of hydrogen-bond acceptors (Lipinski definition) is 6. The number of carboxylic acids is 1. The standard InChI is InChI=1S/C17H15N5O3/c1-10-2-7-14(21-20-12-5-3-11(8-18)4-6-12)15-19-9-13(17(24)25)16(23)22(10)15/h3-6,9-10,20H,2,7H2,1H3,(H,24,25)/b21-14+. The van der Waals surface area contributed by atoms with E-state index >= 15 is 0 Å². The molecule has 0 bridgehead atoms. The van der Waals surface area contributed by atoms with E-state index in [9.17, 15) is 9.59 Å². The van der Waals surface area contributed by atoms with Gasteiger partial charge in [-0.3, -0.25) is 14.8 Å². The summed E-state index contributed by atoms with van der Waals surface area (Å²) >= 11 is 0. The van der Waals surface area contributed by atoms with Crippen LogP contribution in [0.1, 0.15) is 47.6 Å². The minimum Gasteiger partial charge on any atom is -0.477 e. The van der Waals surface area contributed by atoms with E-state index < -0.39 is 11.5 Å². The second kappa shape index (κ2) is 6.57. The van der Waals surface area contributed by atoms with Crippen LogP contribution in [0.4, 0.5) is 5.69 Å². The highest BCUT2D eigenvalue weighted by Crippen LogP contribution is 2.22. The highest BCUT2D eigenvalue weighted by molar-refractivity contribution is 5.99. The first-order valence-electron chi connectivity index (χ1n) is 7.69. The van der Waals surface area contributed by atoms with Gasteiger partial charge in [-0.2, -0.15) is 10.4 Å². The van der Waals surface area contributed by atoms with Crippen LogP contribution in [0.25, 0.3) is 0 Å². The number of hydrazone groups is 1. The number of carbonyl (C=O) groups is 1. The average molecular weight is 337 g/mol. The van der Waals surface area contributed by atoms with E-state index in [4.69, 9.17) is 10.4 Å². The maximum atomic E-state index is 12.4. The second-order valence-electron chi connectivity index (χ2n) is 5.72. The Balaban J connectivity index is 1.96. The number of benzene rings is 1. The van der Waals surface area contributed by atoms with Crippen LogP contribution < -0.4 is 11.0 Å². The first kappa shape index (κ1) is 16.4. The Kier molecular flexibility index (Phi) is 4.31. The van der Waals surface area contributed by atoms with Crippen molar-refractivity contribution in [2.75, 3.05) is 5.43 Å². The zero-order valence-corrected chi connectivity index (χ0v) is 13.4. The third-order valence-electron chi connectivity index (χ3n) is 4.06. The molecule has 3 rings (SSSR count). The summed E-state index contributed by atoms with van der Waals surface area (Å²) in [6, 6.07) is 8.67. The summed E-state index contributed by atoms with van der Waals surface area (Å²) < 4.78 is 1.38. The number of hydrogen-bond donors (Lipinski definition) is 2. The number of nitrogens with zero attached hydrogens (tertiary/aromatic N) is 4. The van der Waals surface area contributed by atoms with Crippen molar-refractivity contribution in [2.24, 2.45) is 5.10 Å². The molecular weight excluding hydrogens is 322 g/mol. The van der Waals surface area contributed by atoms with Gasteiger partial charge in [-0.25, -0.2) is 9.78 Å². The topological polar surface area (TPSA) is 120 Å². The highest BCUT2D eigenvalue weighted by Gasteiger charge is 2.26. The molecular formula is C17H15N5O3. The number of carboxylic acid groups (broad SMARTS) is 1. The van der Waals surface area contributed by atoms with Gasteiger partial charge >= 0.3 is 5.97 Å². The van der Waals surface area contributed by atoms with Gasteiger partial charge in [0, 0.05) is 12.2 Å². The number of aromatic carboxylic acids is 1. The van der Waals surface area contributed by atoms with Crippen LogP contribution in [-0.2, 0) is 0 Å². The molecule has 1 aliphatic rings. The van der Waals surface area contributed by atoms with Crippen LogP contribution in [0.3, 0.4) is 0 Å². The summed E-state index contributed by atoms with van der Waals surface area (Å²) in [7, 11) is 0. The summed E-state index contributed by atoms with van der Waals surface area (Å²) in [5.74, 6) is -0.922.